The van der Waals surface area contributed by atoms with Crippen LogP contribution in [0.5, 0.6) is 5.75 Å². The molecule has 1 aromatic carbocycles. The number of nitrogens with zero attached hydrogens (tertiary/aromatic N) is 3. The molecule has 27 heavy (non-hydrogen) atoms. The maximum absolute atomic E-state index is 12.7. The second-order valence-corrected chi connectivity index (χ2v) is 7.37. The molecule has 3 rings (SSSR count). The Bertz CT molecular complexity index is 761. The molecule has 146 valence electrons. The highest BCUT2D eigenvalue weighted by Gasteiger charge is 2.25. The molecule has 0 unspecified atom stereocenters. The number of piperazine rings is 1. The van der Waals surface area contributed by atoms with E-state index in [2.05, 4.69) is 26.9 Å². The predicted octanol–water partition coefficient (Wildman–Crippen LogP) is 3.66. The molecule has 0 bridgehead atoms. The number of amides is 1. The predicted molar refractivity (Wildman–Crippen MR) is 100 cm³/mol. The van der Waals surface area contributed by atoms with Crippen LogP contribution in [0.1, 0.15) is 34.4 Å². The quantitative estimate of drug-likeness (QED) is 0.718. The first-order valence-corrected chi connectivity index (χ1v) is 9.93. The zero-order chi connectivity index (χ0) is 19.2. The van der Waals surface area contributed by atoms with Gasteiger partial charge < -0.3 is 9.64 Å². The number of ether oxygens (including phenoxy) is 1. The highest BCUT2D eigenvalue weighted by molar-refractivity contribution is 7.09. The van der Waals surface area contributed by atoms with E-state index in [1.807, 2.05) is 0 Å². The molecule has 1 amide bonds. The van der Waals surface area contributed by atoms with Crippen molar-refractivity contribution in [1.29, 1.82) is 0 Å². The lowest BCUT2D eigenvalue weighted by Crippen LogP contribution is -2.48. The lowest BCUT2D eigenvalue weighted by molar-refractivity contribution is -0.0503. The minimum Gasteiger partial charge on any atom is -0.434 e. The fourth-order valence-electron chi connectivity index (χ4n) is 3.10. The van der Waals surface area contributed by atoms with Gasteiger partial charge in [0.25, 0.3) is 5.91 Å². The molecule has 0 atom stereocenters. The number of para-hydroxylation sites is 1. The summed E-state index contributed by atoms with van der Waals surface area (Å²) in [4.78, 5) is 21.3. The third kappa shape index (κ3) is 5.23. The average molecular weight is 395 g/mol. The van der Waals surface area contributed by atoms with E-state index in [4.69, 9.17) is 0 Å². The number of hydrogen-bond donors (Lipinski definition) is 0. The van der Waals surface area contributed by atoms with E-state index in [9.17, 15) is 13.6 Å². The molecule has 1 aromatic heterocycles. The molecule has 2 heterocycles. The Hall–Kier alpha value is -2.06. The van der Waals surface area contributed by atoms with Gasteiger partial charge in [-0.05, 0) is 25.0 Å². The third-order valence-corrected chi connectivity index (χ3v) is 5.40. The van der Waals surface area contributed by atoms with Crippen LogP contribution >= 0.6 is 11.3 Å². The minimum absolute atomic E-state index is 0.0779. The van der Waals surface area contributed by atoms with Crippen molar-refractivity contribution in [3.63, 3.8) is 0 Å². The highest BCUT2D eigenvalue weighted by Crippen LogP contribution is 2.23. The van der Waals surface area contributed by atoms with Crippen LogP contribution < -0.4 is 4.74 Å². The zero-order valence-corrected chi connectivity index (χ0v) is 16.1. The van der Waals surface area contributed by atoms with Crippen molar-refractivity contribution in [2.45, 2.75) is 32.9 Å². The standard InChI is InChI=1S/C19H23F2N3O2S/c1-2-5-17-22-14(13-27-17)12-23-8-10-24(11-9-23)18(25)15-6-3-4-7-16(15)26-19(20)21/h3-4,6-7,13,19H,2,5,8-12H2,1H3. The molecule has 0 spiro atoms. The molecule has 0 N–H and O–H groups in total. The van der Waals surface area contributed by atoms with Gasteiger partial charge in [-0.1, -0.05) is 19.1 Å². The first-order chi connectivity index (χ1) is 13.1. The monoisotopic (exact) mass is 395 g/mol. The van der Waals surface area contributed by atoms with Crippen molar-refractivity contribution < 1.29 is 18.3 Å². The molecule has 8 heteroatoms. The summed E-state index contributed by atoms with van der Waals surface area (Å²) in [6.07, 6.45) is 2.09. The number of halogens is 2. The van der Waals surface area contributed by atoms with Gasteiger partial charge in [-0.3, -0.25) is 9.69 Å². The van der Waals surface area contributed by atoms with E-state index in [0.29, 0.717) is 13.1 Å². The van der Waals surface area contributed by atoms with Crippen LogP contribution in [-0.2, 0) is 13.0 Å². The summed E-state index contributed by atoms with van der Waals surface area (Å²) in [6, 6.07) is 6.15. The fraction of sp³-hybridized carbons (Fsp3) is 0.474. The Kier molecular flexibility index (Phi) is 6.73. The summed E-state index contributed by atoms with van der Waals surface area (Å²) in [7, 11) is 0. The van der Waals surface area contributed by atoms with E-state index >= 15 is 0 Å². The van der Waals surface area contributed by atoms with E-state index in [1.54, 1.807) is 28.4 Å². The van der Waals surface area contributed by atoms with Gasteiger partial charge in [0.15, 0.2) is 0 Å². The van der Waals surface area contributed by atoms with Crippen LogP contribution in [0.15, 0.2) is 29.6 Å². The van der Waals surface area contributed by atoms with Gasteiger partial charge in [0.05, 0.1) is 16.3 Å². The topological polar surface area (TPSA) is 45.7 Å². The number of carbonyl (C=O) groups excluding carboxylic acids is 1. The largest absolute Gasteiger partial charge is 0.434 e. The summed E-state index contributed by atoms with van der Waals surface area (Å²) in [5.74, 6) is -0.351. The summed E-state index contributed by atoms with van der Waals surface area (Å²) < 4.78 is 29.6. The van der Waals surface area contributed by atoms with Gasteiger partial charge in [0, 0.05) is 38.1 Å². The Morgan fingerprint density at radius 2 is 2.00 bits per heavy atom. The van der Waals surface area contributed by atoms with Gasteiger partial charge >= 0.3 is 6.61 Å². The molecule has 0 aliphatic carbocycles. The Labute approximate surface area is 161 Å². The molecule has 2 aromatic rings. The smallest absolute Gasteiger partial charge is 0.387 e. The molecule has 0 radical (unpaired) electrons. The summed E-state index contributed by atoms with van der Waals surface area (Å²) in [5, 5.41) is 3.26. The number of carbonyl (C=O) groups is 1. The van der Waals surface area contributed by atoms with Crippen molar-refractivity contribution in [3.8, 4) is 5.75 Å². The van der Waals surface area contributed by atoms with Crippen molar-refractivity contribution in [3.05, 3.63) is 45.9 Å². The Balaban J connectivity index is 1.56. The Morgan fingerprint density at radius 3 is 2.70 bits per heavy atom. The van der Waals surface area contributed by atoms with Crippen molar-refractivity contribution in [1.82, 2.24) is 14.8 Å². The number of alkyl halides is 2. The van der Waals surface area contributed by atoms with Crippen LogP contribution in [0.25, 0.3) is 0 Å². The first-order valence-electron chi connectivity index (χ1n) is 9.05. The number of aromatic nitrogens is 1. The van der Waals surface area contributed by atoms with Crippen molar-refractivity contribution in [2.24, 2.45) is 0 Å². The summed E-state index contributed by atoms with van der Waals surface area (Å²) in [5.41, 5.74) is 1.24. The average Bonchev–Trinajstić information content (AvgIpc) is 3.09. The fourth-order valence-corrected chi connectivity index (χ4v) is 3.99. The molecule has 0 saturated carbocycles. The van der Waals surface area contributed by atoms with E-state index in [0.717, 1.165) is 43.2 Å². The lowest BCUT2D eigenvalue weighted by atomic mass is 10.1. The van der Waals surface area contributed by atoms with Gasteiger partial charge in [-0.25, -0.2) is 4.98 Å². The van der Waals surface area contributed by atoms with E-state index in [-0.39, 0.29) is 17.2 Å². The SMILES string of the molecule is CCCc1nc(CN2CCN(C(=O)c3ccccc3OC(F)F)CC2)cs1. The number of hydrogen-bond acceptors (Lipinski definition) is 5. The van der Waals surface area contributed by atoms with Gasteiger partial charge in [0.1, 0.15) is 5.75 Å². The van der Waals surface area contributed by atoms with Crippen LogP contribution in [0.2, 0.25) is 0 Å². The number of rotatable bonds is 7. The molecule has 1 aliphatic heterocycles. The van der Waals surface area contributed by atoms with E-state index < -0.39 is 6.61 Å². The third-order valence-electron chi connectivity index (χ3n) is 4.44. The van der Waals surface area contributed by atoms with Gasteiger partial charge in [0.2, 0.25) is 0 Å². The maximum Gasteiger partial charge on any atom is 0.387 e. The lowest BCUT2D eigenvalue weighted by Gasteiger charge is -2.34. The second kappa shape index (κ2) is 9.23. The van der Waals surface area contributed by atoms with Crippen LogP contribution in [0.3, 0.4) is 0 Å². The highest BCUT2D eigenvalue weighted by atomic mass is 32.1. The molecule has 1 fully saturated rings. The summed E-state index contributed by atoms with van der Waals surface area (Å²) in [6.45, 7) is 2.51. The minimum atomic E-state index is -2.95. The Morgan fingerprint density at radius 1 is 1.26 bits per heavy atom. The molecular weight excluding hydrogens is 372 g/mol. The van der Waals surface area contributed by atoms with Gasteiger partial charge in [-0.15, -0.1) is 11.3 Å². The maximum atomic E-state index is 12.7. The van der Waals surface area contributed by atoms with Gasteiger partial charge in [-0.2, -0.15) is 8.78 Å². The normalized spacial score (nSPS) is 15.3. The second-order valence-electron chi connectivity index (χ2n) is 6.43. The van der Waals surface area contributed by atoms with Crippen molar-refractivity contribution in [2.75, 3.05) is 26.2 Å². The first kappa shape index (κ1) is 19.7. The molecular formula is C19H23F2N3O2S. The molecule has 5 nitrogen and oxygen atoms in total. The zero-order valence-electron chi connectivity index (χ0n) is 15.2. The number of benzene rings is 1. The van der Waals surface area contributed by atoms with Crippen LogP contribution in [-0.4, -0.2) is 53.5 Å². The number of thiazole rings is 1. The van der Waals surface area contributed by atoms with Crippen molar-refractivity contribution >= 4 is 17.2 Å². The van der Waals surface area contributed by atoms with Crippen LogP contribution in [0.4, 0.5) is 8.78 Å². The molecule has 1 saturated heterocycles. The number of aryl methyl sites for hydroxylation is 1. The molecule has 1 aliphatic rings. The van der Waals surface area contributed by atoms with Crippen LogP contribution in [0, 0.1) is 0 Å². The summed E-state index contributed by atoms with van der Waals surface area (Å²) >= 11 is 1.69. The van der Waals surface area contributed by atoms with E-state index in [1.165, 1.54) is 12.1 Å².